The van der Waals surface area contributed by atoms with Crippen molar-refractivity contribution in [1.82, 2.24) is 14.5 Å². The van der Waals surface area contributed by atoms with E-state index in [-0.39, 0.29) is 12.1 Å². The van der Waals surface area contributed by atoms with E-state index in [1.807, 2.05) is 64.2 Å². The number of carbonyl (C=O) groups excluding carboxylic acids is 1. The van der Waals surface area contributed by atoms with Crippen molar-refractivity contribution in [1.29, 1.82) is 0 Å². The van der Waals surface area contributed by atoms with Crippen LogP contribution in [-0.4, -0.2) is 27.0 Å². The fourth-order valence-electron chi connectivity index (χ4n) is 3.42. The second kappa shape index (κ2) is 6.43. The van der Waals surface area contributed by atoms with E-state index in [1.165, 1.54) is 5.56 Å². The van der Waals surface area contributed by atoms with E-state index >= 15 is 0 Å². The Morgan fingerprint density at radius 1 is 1.08 bits per heavy atom. The molecule has 1 aliphatic heterocycles. The maximum absolute atomic E-state index is 12.8. The van der Waals surface area contributed by atoms with Gasteiger partial charge >= 0.3 is 6.03 Å². The van der Waals surface area contributed by atoms with E-state index in [2.05, 4.69) is 29.4 Å². The maximum atomic E-state index is 12.8. The summed E-state index contributed by atoms with van der Waals surface area (Å²) in [6.07, 6.45) is 3.54. The lowest BCUT2D eigenvalue weighted by atomic mass is 9.85. The molecule has 0 bridgehead atoms. The Bertz CT molecular complexity index is 860. The third-order valence-electron chi connectivity index (χ3n) is 4.66. The van der Waals surface area contributed by atoms with Crippen LogP contribution in [0.1, 0.15) is 18.5 Å². The summed E-state index contributed by atoms with van der Waals surface area (Å²) in [6.45, 7) is 2.92. The van der Waals surface area contributed by atoms with Gasteiger partial charge in [0.25, 0.3) is 0 Å². The Balaban J connectivity index is 1.53. The Kier molecular flexibility index (Phi) is 3.98. The van der Waals surface area contributed by atoms with Crippen LogP contribution in [0.3, 0.4) is 0 Å². The van der Waals surface area contributed by atoms with Crippen molar-refractivity contribution in [2.75, 3.05) is 11.9 Å². The number of imidazole rings is 1. The predicted molar refractivity (Wildman–Crippen MR) is 97.6 cm³/mol. The van der Waals surface area contributed by atoms with Gasteiger partial charge in [0, 0.05) is 24.6 Å². The SMILES string of the molecule is C[C@H]1CN(C(=O)Nc2nccn2-c2ccccc2)[C@@H]1c1ccccc1. The second-order valence-electron chi connectivity index (χ2n) is 6.37. The number of para-hydroxylation sites is 1. The van der Waals surface area contributed by atoms with Crippen molar-refractivity contribution in [3.63, 3.8) is 0 Å². The number of carbonyl (C=O) groups is 1. The highest BCUT2D eigenvalue weighted by molar-refractivity contribution is 5.89. The Morgan fingerprint density at radius 3 is 2.44 bits per heavy atom. The zero-order valence-corrected chi connectivity index (χ0v) is 14.0. The fraction of sp³-hybridized carbons (Fsp3) is 0.200. The number of hydrogen-bond donors (Lipinski definition) is 1. The minimum atomic E-state index is -0.115. The van der Waals surface area contributed by atoms with Crippen LogP contribution in [0.2, 0.25) is 0 Å². The molecular formula is C20H20N4O. The van der Waals surface area contributed by atoms with Gasteiger partial charge in [0.1, 0.15) is 0 Å². The number of rotatable bonds is 3. The Hall–Kier alpha value is -3.08. The van der Waals surface area contributed by atoms with Gasteiger partial charge in [-0.15, -0.1) is 0 Å². The second-order valence-corrected chi connectivity index (χ2v) is 6.37. The van der Waals surface area contributed by atoms with Crippen molar-refractivity contribution >= 4 is 12.0 Å². The monoisotopic (exact) mass is 332 g/mol. The van der Waals surface area contributed by atoms with Gasteiger partial charge < -0.3 is 4.90 Å². The van der Waals surface area contributed by atoms with Gasteiger partial charge in [-0.2, -0.15) is 0 Å². The molecular weight excluding hydrogens is 312 g/mol. The van der Waals surface area contributed by atoms with E-state index in [4.69, 9.17) is 0 Å². The lowest BCUT2D eigenvalue weighted by Crippen LogP contribution is -2.53. The molecule has 2 amide bonds. The first-order chi connectivity index (χ1) is 12.2. The molecule has 0 saturated carbocycles. The first-order valence-corrected chi connectivity index (χ1v) is 8.45. The number of benzene rings is 2. The summed E-state index contributed by atoms with van der Waals surface area (Å²) in [5, 5.41) is 2.95. The molecule has 1 N–H and O–H groups in total. The zero-order chi connectivity index (χ0) is 17.2. The Morgan fingerprint density at radius 2 is 1.76 bits per heavy atom. The van der Waals surface area contributed by atoms with E-state index in [9.17, 15) is 4.79 Å². The summed E-state index contributed by atoms with van der Waals surface area (Å²) in [5.74, 6) is 0.976. The number of urea groups is 1. The van der Waals surface area contributed by atoms with Crippen LogP contribution >= 0.6 is 0 Å². The van der Waals surface area contributed by atoms with Crippen LogP contribution in [0.5, 0.6) is 0 Å². The molecule has 5 heteroatoms. The predicted octanol–water partition coefficient (Wildman–Crippen LogP) is 4.10. The van der Waals surface area contributed by atoms with Gasteiger partial charge in [0.2, 0.25) is 5.95 Å². The number of nitrogens with zero attached hydrogens (tertiary/aromatic N) is 3. The molecule has 1 aromatic heterocycles. The molecule has 0 spiro atoms. The summed E-state index contributed by atoms with van der Waals surface area (Å²) in [5.41, 5.74) is 2.13. The van der Waals surface area contributed by atoms with Crippen molar-refractivity contribution in [2.24, 2.45) is 5.92 Å². The van der Waals surface area contributed by atoms with Crippen molar-refractivity contribution in [2.45, 2.75) is 13.0 Å². The standard InChI is InChI=1S/C20H20N4O/c1-15-14-24(18(15)16-8-4-2-5-9-16)20(25)22-19-21-12-13-23(19)17-10-6-3-7-11-17/h2-13,15,18H,14H2,1H3,(H,21,22,25)/t15-,18-/m0/s1. The normalized spacial score (nSPS) is 19.3. The minimum Gasteiger partial charge on any atom is -0.317 e. The lowest BCUT2D eigenvalue weighted by Gasteiger charge is -2.46. The average Bonchev–Trinajstić information content (AvgIpc) is 3.09. The summed E-state index contributed by atoms with van der Waals surface area (Å²) in [6, 6.07) is 20.0. The highest BCUT2D eigenvalue weighted by Crippen LogP contribution is 2.38. The molecule has 1 saturated heterocycles. The first-order valence-electron chi connectivity index (χ1n) is 8.45. The van der Waals surface area contributed by atoms with E-state index < -0.39 is 0 Å². The van der Waals surface area contributed by atoms with Gasteiger partial charge in [0.05, 0.1) is 6.04 Å². The molecule has 4 rings (SSSR count). The molecule has 2 heterocycles. The van der Waals surface area contributed by atoms with E-state index in [0.717, 1.165) is 12.2 Å². The topological polar surface area (TPSA) is 50.2 Å². The summed E-state index contributed by atoms with van der Waals surface area (Å²) in [4.78, 5) is 18.9. The molecule has 25 heavy (non-hydrogen) atoms. The van der Waals surface area contributed by atoms with Crippen LogP contribution < -0.4 is 5.32 Å². The van der Waals surface area contributed by atoms with Crippen LogP contribution in [0.4, 0.5) is 10.7 Å². The Labute approximate surface area is 146 Å². The van der Waals surface area contributed by atoms with Crippen molar-refractivity contribution in [3.05, 3.63) is 78.6 Å². The highest BCUT2D eigenvalue weighted by Gasteiger charge is 2.40. The van der Waals surface area contributed by atoms with Crippen molar-refractivity contribution in [3.8, 4) is 5.69 Å². The number of hydrogen-bond acceptors (Lipinski definition) is 2. The summed E-state index contributed by atoms with van der Waals surface area (Å²) >= 11 is 0. The molecule has 1 aliphatic rings. The van der Waals surface area contributed by atoms with Gasteiger partial charge in [-0.1, -0.05) is 55.5 Å². The molecule has 0 aliphatic carbocycles. The van der Waals surface area contributed by atoms with Gasteiger partial charge in [-0.05, 0) is 23.6 Å². The molecule has 126 valence electrons. The molecule has 0 unspecified atom stereocenters. The van der Waals surface area contributed by atoms with E-state index in [0.29, 0.717) is 11.9 Å². The molecule has 2 aromatic carbocycles. The molecule has 1 fully saturated rings. The highest BCUT2D eigenvalue weighted by atomic mass is 16.2. The van der Waals surface area contributed by atoms with Crippen LogP contribution in [0.15, 0.2) is 73.1 Å². The third kappa shape index (κ3) is 2.89. The average molecular weight is 332 g/mol. The summed E-state index contributed by atoms with van der Waals surface area (Å²) < 4.78 is 1.87. The summed E-state index contributed by atoms with van der Waals surface area (Å²) in [7, 11) is 0. The number of nitrogens with one attached hydrogen (secondary N) is 1. The van der Waals surface area contributed by atoms with Gasteiger partial charge in [0.15, 0.2) is 0 Å². The van der Waals surface area contributed by atoms with E-state index in [1.54, 1.807) is 6.20 Å². The molecule has 2 atom stereocenters. The zero-order valence-electron chi connectivity index (χ0n) is 14.0. The first kappa shape index (κ1) is 15.4. The quantitative estimate of drug-likeness (QED) is 0.785. The van der Waals surface area contributed by atoms with Crippen molar-refractivity contribution < 1.29 is 4.79 Å². The van der Waals surface area contributed by atoms with Crippen LogP contribution in [0.25, 0.3) is 5.69 Å². The number of amides is 2. The number of likely N-dealkylation sites (tertiary alicyclic amines) is 1. The number of anilines is 1. The molecule has 5 nitrogen and oxygen atoms in total. The van der Waals surface area contributed by atoms with Gasteiger partial charge in [-0.25, -0.2) is 9.78 Å². The fourth-order valence-corrected chi connectivity index (χ4v) is 3.42. The minimum absolute atomic E-state index is 0.112. The maximum Gasteiger partial charge on any atom is 0.324 e. The van der Waals surface area contributed by atoms with Crippen LogP contribution in [-0.2, 0) is 0 Å². The smallest absolute Gasteiger partial charge is 0.317 e. The largest absolute Gasteiger partial charge is 0.324 e. The third-order valence-corrected chi connectivity index (χ3v) is 4.66. The lowest BCUT2D eigenvalue weighted by molar-refractivity contribution is 0.0670. The van der Waals surface area contributed by atoms with Gasteiger partial charge in [-0.3, -0.25) is 9.88 Å². The molecule has 0 radical (unpaired) electrons. The van der Waals surface area contributed by atoms with Crippen LogP contribution in [0, 0.1) is 5.92 Å². The number of aromatic nitrogens is 2. The molecule has 3 aromatic rings.